The molecule has 0 bridgehead atoms. The Morgan fingerprint density at radius 2 is 1.56 bits per heavy atom. The zero-order valence-electron chi connectivity index (χ0n) is 12.4. The molecule has 0 aliphatic heterocycles. The van der Waals surface area contributed by atoms with Crippen molar-refractivity contribution in [2.75, 3.05) is 6.61 Å². The first-order valence-corrected chi connectivity index (χ1v) is 7.23. The Kier molecular flexibility index (Phi) is 10.4. The van der Waals surface area contributed by atoms with Crippen molar-refractivity contribution in [3.8, 4) is 0 Å². The molecule has 0 radical (unpaired) electrons. The van der Waals surface area contributed by atoms with E-state index >= 15 is 0 Å². The van der Waals surface area contributed by atoms with Crippen LogP contribution in [0, 0.1) is 0 Å². The number of hydrogen-bond donors (Lipinski definition) is 0. The molecule has 0 fully saturated rings. The van der Waals surface area contributed by atoms with Gasteiger partial charge >= 0.3 is 5.97 Å². The van der Waals surface area contributed by atoms with Gasteiger partial charge in [-0.1, -0.05) is 52.7 Å². The van der Waals surface area contributed by atoms with Crippen molar-refractivity contribution in [2.24, 2.45) is 0 Å². The molecule has 0 spiro atoms. The van der Waals surface area contributed by atoms with E-state index in [9.17, 15) is 4.79 Å². The Balaban J connectivity index is 4.29. The van der Waals surface area contributed by atoms with E-state index in [-0.39, 0.29) is 5.97 Å². The van der Waals surface area contributed by atoms with Crippen LogP contribution in [0.15, 0.2) is 23.3 Å². The number of allylic oxidation sites excluding steroid dienone is 2. The summed E-state index contributed by atoms with van der Waals surface area (Å²) >= 11 is 0. The van der Waals surface area contributed by atoms with Crippen LogP contribution in [0.25, 0.3) is 0 Å². The molecule has 18 heavy (non-hydrogen) atoms. The van der Waals surface area contributed by atoms with Crippen molar-refractivity contribution in [1.29, 1.82) is 0 Å². The minimum absolute atomic E-state index is 0.151. The summed E-state index contributed by atoms with van der Waals surface area (Å²) < 4.78 is 5.37. The fraction of sp³-hybridized carbons (Fsp3) is 0.688. The molecular weight excluding hydrogens is 224 g/mol. The van der Waals surface area contributed by atoms with Gasteiger partial charge in [-0.05, 0) is 31.3 Å². The molecule has 0 aliphatic rings. The molecule has 0 aromatic heterocycles. The summed E-state index contributed by atoms with van der Waals surface area (Å²) in [6, 6.07) is 0. The van der Waals surface area contributed by atoms with Crippen molar-refractivity contribution in [3.05, 3.63) is 23.3 Å². The zero-order valence-corrected chi connectivity index (χ0v) is 12.4. The van der Waals surface area contributed by atoms with Gasteiger partial charge in [-0.25, -0.2) is 4.79 Å². The summed E-state index contributed by atoms with van der Waals surface area (Å²) in [5, 5.41) is 0. The van der Waals surface area contributed by atoms with Gasteiger partial charge in [-0.3, -0.25) is 0 Å². The van der Waals surface area contributed by atoms with Crippen LogP contribution >= 0.6 is 0 Å². The Hall–Kier alpha value is -1.05. The van der Waals surface area contributed by atoms with E-state index in [4.69, 9.17) is 4.74 Å². The highest BCUT2D eigenvalue weighted by molar-refractivity contribution is 5.88. The summed E-state index contributed by atoms with van der Waals surface area (Å²) in [6.07, 6.45) is 10.1. The van der Waals surface area contributed by atoms with Gasteiger partial charge in [-0.15, -0.1) is 0 Å². The second kappa shape index (κ2) is 11.1. The Morgan fingerprint density at radius 1 is 0.944 bits per heavy atom. The largest absolute Gasteiger partial charge is 0.458 e. The molecule has 0 unspecified atom stereocenters. The van der Waals surface area contributed by atoms with Crippen LogP contribution in [0.5, 0.6) is 0 Å². The number of carbonyl (C=O) groups is 1. The summed E-state index contributed by atoms with van der Waals surface area (Å²) in [4.78, 5) is 11.9. The summed E-state index contributed by atoms with van der Waals surface area (Å²) in [7, 11) is 0. The van der Waals surface area contributed by atoms with Crippen molar-refractivity contribution in [3.63, 3.8) is 0 Å². The van der Waals surface area contributed by atoms with Crippen molar-refractivity contribution >= 4 is 5.97 Å². The predicted octanol–water partition coefficient (Wildman–Crippen LogP) is 4.80. The van der Waals surface area contributed by atoms with Gasteiger partial charge in [0.1, 0.15) is 6.61 Å². The minimum atomic E-state index is -0.151. The number of ether oxygens (including phenoxy) is 1. The number of rotatable bonds is 9. The van der Waals surface area contributed by atoms with Gasteiger partial charge in [0.25, 0.3) is 0 Å². The molecule has 0 saturated carbocycles. The minimum Gasteiger partial charge on any atom is -0.458 e. The quantitative estimate of drug-likeness (QED) is 0.334. The van der Waals surface area contributed by atoms with Crippen molar-refractivity contribution < 1.29 is 9.53 Å². The molecule has 104 valence electrons. The van der Waals surface area contributed by atoms with E-state index in [0.717, 1.165) is 44.1 Å². The smallest absolute Gasteiger partial charge is 0.333 e. The third kappa shape index (κ3) is 7.31. The average Bonchev–Trinajstić information content (AvgIpc) is 2.39. The lowest BCUT2D eigenvalue weighted by Crippen LogP contribution is -2.10. The van der Waals surface area contributed by atoms with E-state index in [1.807, 2.05) is 13.0 Å². The lowest BCUT2D eigenvalue weighted by Gasteiger charge is -2.09. The van der Waals surface area contributed by atoms with Crippen molar-refractivity contribution in [2.45, 2.75) is 66.2 Å². The standard InChI is InChI=1S/C16H28O2/c1-5-9-11-14(7-3)13-18-16(17)15(8-4)12-10-6-2/h11-12H,5-10,13H2,1-4H3/b14-11+,15-12+. The van der Waals surface area contributed by atoms with Gasteiger partial charge in [0, 0.05) is 5.57 Å². The summed E-state index contributed by atoms with van der Waals surface area (Å²) in [6.45, 7) is 8.80. The second-order valence-electron chi connectivity index (χ2n) is 4.45. The van der Waals surface area contributed by atoms with Crippen molar-refractivity contribution in [1.82, 2.24) is 0 Å². The predicted molar refractivity (Wildman–Crippen MR) is 77.5 cm³/mol. The Labute approximate surface area is 112 Å². The molecule has 0 aromatic rings. The fourth-order valence-corrected chi connectivity index (χ4v) is 1.60. The second-order valence-corrected chi connectivity index (χ2v) is 4.45. The molecule has 0 aliphatic carbocycles. The first-order valence-electron chi connectivity index (χ1n) is 7.23. The first kappa shape index (κ1) is 16.9. The van der Waals surface area contributed by atoms with E-state index < -0.39 is 0 Å². The van der Waals surface area contributed by atoms with Gasteiger partial charge in [0.2, 0.25) is 0 Å². The van der Waals surface area contributed by atoms with Crippen LogP contribution in [0.4, 0.5) is 0 Å². The van der Waals surface area contributed by atoms with E-state index in [2.05, 4.69) is 26.8 Å². The van der Waals surface area contributed by atoms with E-state index in [1.165, 1.54) is 5.57 Å². The number of unbranched alkanes of at least 4 members (excludes halogenated alkanes) is 2. The Bertz CT molecular complexity index is 287. The highest BCUT2D eigenvalue weighted by Gasteiger charge is 2.08. The molecule has 0 atom stereocenters. The molecule has 0 saturated heterocycles. The van der Waals surface area contributed by atoms with Crippen LogP contribution in [0.2, 0.25) is 0 Å². The summed E-state index contributed by atoms with van der Waals surface area (Å²) in [5.41, 5.74) is 2.03. The maximum Gasteiger partial charge on any atom is 0.333 e. The molecule has 0 N–H and O–H groups in total. The average molecular weight is 252 g/mol. The lowest BCUT2D eigenvalue weighted by molar-refractivity contribution is -0.138. The van der Waals surface area contributed by atoms with Crippen LogP contribution in [0.3, 0.4) is 0 Å². The zero-order chi connectivity index (χ0) is 13.8. The highest BCUT2D eigenvalue weighted by Crippen LogP contribution is 2.10. The number of esters is 1. The van der Waals surface area contributed by atoms with Gasteiger partial charge in [0.05, 0.1) is 0 Å². The SMILES string of the molecule is CCC/C=C(\CC)COC(=O)/C(=C/CCC)CC. The van der Waals surface area contributed by atoms with Gasteiger partial charge in [-0.2, -0.15) is 0 Å². The maximum absolute atomic E-state index is 11.9. The number of hydrogen-bond acceptors (Lipinski definition) is 2. The van der Waals surface area contributed by atoms with E-state index in [1.54, 1.807) is 0 Å². The monoisotopic (exact) mass is 252 g/mol. The molecule has 0 rings (SSSR count). The molecule has 0 aromatic carbocycles. The maximum atomic E-state index is 11.9. The third-order valence-electron chi connectivity index (χ3n) is 2.89. The number of carbonyl (C=O) groups excluding carboxylic acids is 1. The highest BCUT2D eigenvalue weighted by atomic mass is 16.5. The van der Waals surface area contributed by atoms with E-state index in [0.29, 0.717) is 6.61 Å². The molecule has 0 heterocycles. The van der Waals surface area contributed by atoms with Crippen LogP contribution in [0.1, 0.15) is 66.2 Å². The van der Waals surface area contributed by atoms with Gasteiger partial charge < -0.3 is 4.74 Å². The van der Waals surface area contributed by atoms with Crippen LogP contribution < -0.4 is 0 Å². The molecule has 0 amide bonds. The summed E-state index contributed by atoms with van der Waals surface area (Å²) in [5.74, 6) is -0.151. The van der Waals surface area contributed by atoms with Gasteiger partial charge in [0.15, 0.2) is 0 Å². The Morgan fingerprint density at radius 3 is 2.06 bits per heavy atom. The van der Waals surface area contributed by atoms with Crippen LogP contribution in [-0.2, 0) is 9.53 Å². The normalized spacial score (nSPS) is 12.7. The molecular formula is C16H28O2. The fourth-order valence-electron chi connectivity index (χ4n) is 1.60. The van der Waals surface area contributed by atoms with Crippen LogP contribution in [-0.4, -0.2) is 12.6 Å². The molecule has 2 nitrogen and oxygen atoms in total. The molecule has 2 heteroatoms. The topological polar surface area (TPSA) is 26.3 Å². The lowest BCUT2D eigenvalue weighted by atomic mass is 10.1. The first-order chi connectivity index (χ1) is 8.69. The third-order valence-corrected chi connectivity index (χ3v) is 2.89.